The number of carbonyl (C=O) groups excluding carboxylic acids is 1. The van der Waals surface area contributed by atoms with E-state index in [1.54, 1.807) is 48.5 Å². The molecule has 0 bridgehead atoms. The molecule has 2 saturated heterocycles. The normalized spacial score (nSPS) is 34.4. The molecule has 0 aliphatic carbocycles. The summed E-state index contributed by atoms with van der Waals surface area (Å²) in [4.78, 5) is 12.0. The molecule has 2 fully saturated rings. The van der Waals surface area contributed by atoms with Crippen LogP contribution in [0.1, 0.15) is 22.0 Å². The van der Waals surface area contributed by atoms with Crippen LogP contribution in [0.15, 0.2) is 48.5 Å². The first-order chi connectivity index (χ1) is 19.2. The van der Waals surface area contributed by atoms with Crippen molar-refractivity contribution in [1.29, 1.82) is 0 Å². The third-order valence-electron chi connectivity index (χ3n) is 6.64. The molecule has 12 nitrogen and oxygen atoms in total. The summed E-state index contributed by atoms with van der Waals surface area (Å²) in [5, 5.41) is 64.8. The predicted octanol–water partition coefficient (Wildman–Crippen LogP) is -3.38. The third-order valence-corrected chi connectivity index (χ3v) is 10.6. The van der Waals surface area contributed by atoms with Gasteiger partial charge in [0, 0.05) is 7.05 Å². The first-order valence-electron chi connectivity index (χ1n) is 12.5. The molecule has 0 radical (unpaired) electrons. The molecule has 7 N–H and O–H groups in total. The zero-order valence-corrected chi connectivity index (χ0v) is 25.6. The molecule has 2 aromatic carbocycles. The van der Waals surface area contributed by atoms with Crippen LogP contribution in [-0.2, 0) is 12.5 Å². The monoisotopic (exact) mass is 788 g/mol. The summed E-state index contributed by atoms with van der Waals surface area (Å²) in [7, 11) is 1.53. The van der Waals surface area contributed by atoms with Crippen LogP contribution >= 0.6 is 22.6 Å². The van der Waals surface area contributed by atoms with E-state index >= 15 is 0 Å². The molecule has 2 aliphatic rings. The van der Waals surface area contributed by atoms with Gasteiger partial charge in [0.15, 0.2) is 0 Å². The van der Waals surface area contributed by atoms with Crippen molar-refractivity contribution in [3.8, 4) is 11.5 Å². The number of ether oxygens (including phenoxy) is 3. The predicted molar refractivity (Wildman–Crippen MR) is 144 cm³/mol. The minimum absolute atomic E-state index is 0.262. The fraction of sp³-hybridized carbons (Fsp3) is 0.500. The second-order valence-corrected chi connectivity index (χ2v) is 13.0. The van der Waals surface area contributed by atoms with E-state index in [1.807, 2.05) is 22.6 Å². The van der Waals surface area contributed by atoms with Crippen molar-refractivity contribution in [1.82, 2.24) is 5.32 Å². The molecule has 222 valence electrons. The number of aliphatic hydroxyl groups excluding tert-OH is 6. The number of rotatable bonds is 9. The van der Waals surface area contributed by atoms with Crippen LogP contribution in [0.3, 0.4) is 0 Å². The van der Waals surface area contributed by atoms with Gasteiger partial charge in [-0.15, -0.1) is 0 Å². The van der Waals surface area contributed by atoms with Gasteiger partial charge in [0.25, 0.3) is 0 Å². The van der Waals surface area contributed by atoms with Crippen molar-refractivity contribution in [3.63, 3.8) is 0 Å². The zero-order valence-electron chi connectivity index (χ0n) is 21.3. The number of hydrogen-bond donors (Lipinski definition) is 7. The molecular formula is C26H32I2NO11-. The summed E-state index contributed by atoms with van der Waals surface area (Å²) < 4.78 is 22.0. The van der Waals surface area contributed by atoms with Crippen molar-refractivity contribution in [3.05, 3.63) is 59.7 Å². The van der Waals surface area contributed by atoms with Gasteiger partial charge >= 0.3 is 239 Å². The zero-order chi connectivity index (χ0) is 29.0. The molecule has 1 unspecified atom stereocenters. The van der Waals surface area contributed by atoms with Crippen LogP contribution in [-0.4, -0.2) is 108 Å². The van der Waals surface area contributed by atoms with Crippen molar-refractivity contribution >= 4 is 28.5 Å². The number of hydrogen-bond acceptors (Lipinski definition) is 11. The number of alkyl halides is 2. The Hall–Kier alpha value is -1.19. The van der Waals surface area contributed by atoms with E-state index in [1.165, 1.54) is 7.05 Å². The van der Waals surface area contributed by atoms with Crippen molar-refractivity contribution in [2.45, 2.75) is 56.9 Å². The number of carbonyl (C=O) groups is 1. The van der Waals surface area contributed by atoms with Crippen LogP contribution in [0.5, 0.6) is 11.5 Å². The summed E-state index contributed by atoms with van der Waals surface area (Å²) in [5.74, 6) is 0.554. The van der Waals surface area contributed by atoms with Crippen LogP contribution < -0.4 is 31.7 Å². The molecular weight excluding hydrogens is 756 g/mol. The molecule has 0 spiro atoms. The maximum atomic E-state index is 12.0. The second-order valence-electron chi connectivity index (χ2n) is 9.32. The molecule has 40 heavy (non-hydrogen) atoms. The maximum absolute atomic E-state index is 12.0. The molecule has 0 saturated carbocycles. The van der Waals surface area contributed by atoms with Gasteiger partial charge in [0.2, 0.25) is 0 Å². The summed E-state index contributed by atoms with van der Waals surface area (Å²) in [6, 6.07) is 13.3. The van der Waals surface area contributed by atoms with E-state index in [0.29, 0.717) is 22.6 Å². The number of benzene rings is 2. The van der Waals surface area contributed by atoms with Crippen LogP contribution in [0, 0.1) is 0 Å². The Morgan fingerprint density at radius 1 is 0.925 bits per heavy atom. The van der Waals surface area contributed by atoms with Crippen molar-refractivity contribution in [2.75, 3.05) is 20.3 Å². The fourth-order valence-electron chi connectivity index (χ4n) is 4.42. The van der Waals surface area contributed by atoms with Gasteiger partial charge in [-0.2, -0.15) is 0 Å². The Morgan fingerprint density at radius 2 is 1.60 bits per heavy atom. The molecule has 4 rings (SSSR count). The number of aliphatic hydroxyl groups is 6. The average molecular weight is 788 g/mol. The summed E-state index contributed by atoms with van der Waals surface area (Å²) >= 11 is 0.382. The number of nitrogens with one attached hydrogen (secondary N) is 1. The summed E-state index contributed by atoms with van der Waals surface area (Å²) in [6.07, 6.45) is -9.19. The quantitative estimate of drug-likeness (QED) is 0.0994. The van der Waals surface area contributed by atoms with Gasteiger partial charge in [0.05, 0.1) is 0 Å². The van der Waals surface area contributed by atoms with Gasteiger partial charge in [-0.1, -0.05) is 0 Å². The number of halogens is 2. The SMILES string of the molecule is CNC(=O)c1cccc(Oc2cccc([C@H]3O[C@H](CO)[C@H](O)[C@H](O[I-][C@H]4O[C@H](CO)C(I)[C@H](O)[C@@H]4O)[C@@H]3O)c2)c1. The van der Waals surface area contributed by atoms with E-state index in [-0.39, 0.29) is 12.5 Å². The second kappa shape index (κ2) is 14.3. The van der Waals surface area contributed by atoms with E-state index in [2.05, 4.69) is 5.32 Å². The van der Waals surface area contributed by atoms with Crippen LogP contribution in [0.4, 0.5) is 0 Å². The van der Waals surface area contributed by atoms with E-state index in [4.69, 9.17) is 17.3 Å². The Balaban J connectivity index is 1.50. The molecule has 2 heterocycles. The molecule has 2 aromatic rings. The third kappa shape index (κ3) is 7.05. The molecule has 2 aliphatic heterocycles. The standard InChI is InChI=1S/C26H32I2NO11/c1-29-26(36)13-5-3-7-15(9-13)37-14-6-2-4-12(8-14)23-22(35)24(19(32)17(11-31)38-23)40-28-25-21(34)20(33)18(27)16(10-30)39-25/h2-9,16-25,30-35H,10-11H2,1H3,(H,29,36)/q-1/t16-,17-,18?,19+,20+,21+,22-,23-,24+,25+/m1/s1. The minimum atomic E-state index is -1.52. The summed E-state index contributed by atoms with van der Waals surface area (Å²) in [6.45, 7) is -0.904. The number of amides is 1. The van der Waals surface area contributed by atoms with Gasteiger partial charge in [-0.3, -0.25) is 4.79 Å². The van der Waals surface area contributed by atoms with Crippen LogP contribution in [0.25, 0.3) is 0 Å². The molecule has 0 aromatic heterocycles. The first kappa shape index (κ1) is 31.7. The average Bonchev–Trinajstić information content (AvgIpc) is 2.96. The topological polar surface area (TPSA) is 187 Å². The van der Waals surface area contributed by atoms with E-state index in [0.717, 1.165) is 0 Å². The van der Waals surface area contributed by atoms with Gasteiger partial charge in [0.1, 0.15) is 0 Å². The van der Waals surface area contributed by atoms with Crippen LogP contribution in [0.2, 0.25) is 0 Å². The van der Waals surface area contributed by atoms with Crippen molar-refractivity contribution < 1.29 is 74.3 Å². The van der Waals surface area contributed by atoms with E-state index < -0.39 is 85.1 Å². The Kier molecular flexibility index (Phi) is 11.4. The first-order valence-corrected chi connectivity index (χ1v) is 15.8. The molecule has 1 amide bonds. The summed E-state index contributed by atoms with van der Waals surface area (Å²) in [5.41, 5.74) is 0.909. The Morgan fingerprint density at radius 3 is 2.27 bits per heavy atom. The Labute approximate surface area is 255 Å². The molecule has 14 heteroatoms. The fourth-order valence-corrected chi connectivity index (χ4v) is 7.69. The molecule has 10 atom stereocenters. The van der Waals surface area contributed by atoms with E-state index in [9.17, 15) is 35.4 Å². The van der Waals surface area contributed by atoms with Crippen molar-refractivity contribution in [2.24, 2.45) is 0 Å². The van der Waals surface area contributed by atoms with Gasteiger partial charge in [-0.05, 0) is 0 Å². The Bertz CT molecular complexity index is 1140. The van der Waals surface area contributed by atoms with Gasteiger partial charge in [-0.25, -0.2) is 0 Å². The van der Waals surface area contributed by atoms with Gasteiger partial charge < -0.3 is 5.32 Å².